The van der Waals surface area contributed by atoms with Crippen molar-refractivity contribution in [3.8, 4) is 0 Å². The van der Waals surface area contributed by atoms with Gasteiger partial charge in [-0.05, 0) is 31.5 Å². The van der Waals surface area contributed by atoms with E-state index in [1.54, 1.807) is 6.07 Å². The van der Waals surface area contributed by atoms with Crippen molar-refractivity contribution in [2.75, 3.05) is 29.1 Å². The summed E-state index contributed by atoms with van der Waals surface area (Å²) in [7, 11) is 0. The normalized spacial score (nSPS) is 21.0. The van der Waals surface area contributed by atoms with Gasteiger partial charge in [0.2, 0.25) is 5.91 Å². The molecule has 2 amide bonds. The van der Waals surface area contributed by atoms with Gasteiger partial charge in [0.1, 0.15) is 17.7 Å². The van der Waals surface area contributed by atoms with Gasteiger partial charge in [-0.3, -0.25) is 9.69 Å². The molecule has 21 heavy (non-hydrogen) atoms. The van der Waals surface area contributed by atoms with Crippen LogP contribution in [0.4, 0.5) is 16.4 Å². The molecule has 0 spiro atoms. The largest absolute Gasteiger partial charge is 0.444 e. The van der Waals surface area contributed by atoms with E-state index in [1.807, 2.05) is 6.07 Å². The molecule has 112 valence electrons. The quantitative estimate of drug-likeness (QED) is 0.867. The van der Waals surface area contributed by atoms with Crippen LogP contribution in [0.2, 0.25) is 0 Å². The highest BCUT2D eigenvalue weighted by Crippen LogP contribution is 2.32. The molecule has 1 atom stereocenters. The average Bonchev–Trinajstić information content (AvgIpc) is 2.85. The number of fused-ring (bicyclic) bond motifs is 1. The number of amides is 2. The van der Waals surface area contributed by atoms with Crippen LogP contribution in [0.3, 0.4) is 0 Å². The summed E-state index contributed by atoms with van der Waals surface area (Å²) in [6.45, 7) is 1.04. The number of thioether (sulfide) groups is 1. The number of nitrogens with one attached hydrogen (secondary N) is 1. The molecule has 1 aromatic heterocycles. The van der Waals surface area contributed by atoms with Gasteiger partial charge < -0.3 is 15.8 Å². The van der Waals surface area contributed by atoms with E-state index in [0.717, 1.165) is 17.7 Å². The van der Waals surface area contributed by atoms with E-state index in [1.165, 1.54) is 16.7 Å². The standard InChI is InChI=1S/C13H16N4O3S/c14-5-1-2-8-6-17(13(19)20-8)10-4-3-9-12(15-10)16-11(18)7-21-9/h3-4,8H,1-2,5-7,14H2,(H,15,16,18)/t8-/m1/s1. The maximum absolute atomic E-state index is 11.9. The van der Waals surface area contributed by atoms with E-state index in [0.29, 0.717) is 30.5 Å². The first-order valence-corrected chi connectivity index (χ1v) is 7.78. The van der Waals surface area contributed by atoms with E-state index in [-0.39, 0.29) is 12.0 Å². The third-order valence-corrected chi connectivity index (χ3v) is 4.39. The van der Waals surface area contributed by atoms with Crippen molar-refractivity contribution in [3.63, 3.8) is 0 Å². The third kappa shape index (κ3) is 2.96. The number of nitrogens with two attached hydrogens (primary N) is 1. The van der Waals surface area contributed by atoms with Crippen molar-refractivity contribution in [1.29, 1.82) is 0 Å². The fourth-order valence-corrected chi connectivity index (χ4v) is 3.06. The monoisotopic (exact) mass is 308 g/mol. The van der Waals surface area contributed by atoms with Crippen LogP contribution in [0, 0.1) is 0 Å². The molecule has 3 rings (SSSR count). The number of hydrogen-bond donors (Lipinski definition) is 2. The summed E-state index contributed by atoms with van der Waals surface area (Å²) in [5, 5.41) is 2.72. The summed E-state index contributed by atoms with van der Waals surface area (Å²) in [5.41, 5.74) is 5.47. The number of anilines is 2. The SMILES string of the molecule is NCCC[C@@H]1CN(c2ccc3c(n2)NC(=O)CS3)C(=O)O1. The molecular formula is C13H16N4O3S. The number of rotatable bonds is 4. The number of pyridine rings is 1. The van der Waals surface area contributed by atoms with Crippen molar-refractivity contribution in [2.45, 2.75) is 23.8 Å². The summed E-state index contributed by atoms with van der Waals surface area (Å²) in [4.78, 5) is 30.1. The smallest absolute Gasteiger partial charge is 0.415 e. The highest BCUT2D eigenvalue weighted by molar-refractivity contribution is 8.00. The van der Waals surface area contributed by atoms with Crippen molar-refractivity contribution < 1.29 is 14.3 Å². The molecule has 8 heteroatoms. The lowest BCUT2D eigenvalue weighted by molar-refractivity contribution is -0.113. The van der Waals surface area contributed by atoms with Gasteiger partial charge >= 0.3 is 6.09 Å². The van der Waals surface area contributed by atoms with Crippen LogP contribution >= 0.6 is 11.8 Å². The number of ether oxygens (including phenoxy) is 1. The number of cyclic esters (lactones) is 1. The fourth-order valence-electron chi connectivity index (χ4n) is 2.31. The highest BCUT2D eigenvalue weighted by Gasteiger charge is 2.33. The summed E-state index contributed by atoms with van der Waals surface area (Å²) >= 11 is 1.44. The highest BCUT2D eigenvalue weighted by atomic mass is 32.2. The molecule has 7 nitrogen and oxygen atoms in total. The Hall–Kier alpha value is -1.80. The fraction of sp³-hybridized carbons (Fsp3) is 0.462. The van der Waals surface area contributed by atoms with E-state index in [2.05, 4.69) is 10.3 Å². The molecule has 0 aliphatic carbocycles. The van der Waals surface area contributed by atoms with Crippen molar-refractivity contribution in [2.24, 2.45) is 5.73 Å². The Bertz CT molecular complexity index is 581. The van der Waals surface area contributed by atoms with Crippen LogP contribution in [0.25, 0.3) is 0 Å². The zero-order valence-corrected chi connectivity index (χ0v) is 12.2. The number of hydrogen-bond acceptors (Lipinski definition) is 6. The maximum atomic E-state index is 11.9. The molecule has 1 aromatic rings. The second-order valence-corrected chi connectivity index (χ2v) is 5.92. The van der Waals surface area contributed by atoms with Crippen molar-refractivity contribution in [1.82, 2.24) is 4.98 Å². The molecule has 3 N–H and O–H groups in total. The second kappa shape index (κ2) is 5.90. The maximum Gasteiger partial charge on any atom is 0.415 e. The van der Waals surface area contributed by atoms with Gasteiger partial charge in [0.05, 0.1) is 17.2 Å². The lowest BCUT2D eigenvalue weighted by Crippen LogP contribution is -2.27. The first-order chi connectivity index (χ1) is 10.2. The predicted octanol–water partition coefficient (Wildman–Crippen LogP) is 1.19. The Morgan fingerprint density at radius 3 is 3.14 bits per heavy atom. The molecule has 1 fully saturated rings. The average molecular weight is 308 g/mol. The summed E-state index contributed by atoms with van der Waals surface area (Å²) in [6, 6.07) is 3.64. The lowest BCUT2D eigenvalue weighted by atomic mass is 10.2. The van der Waals surface area contributed by atoms with Crippen LogP contribution in [0.5, 0.6) is 0 Å². The van der Waals surface area contributed by atoms with Crippen LogP contribution in [-0.2, 0) is 9.53 Å². The molecule has 2 aliphatic rings. The molecule has 0 aromatic carbocycles. The minimum absolute atomic E-state index is 0.0815. The van der Waals surface area contributed by atoms with Crippen LogP contribution < -0.4 is 16.0 Å². The Balaban J connectivity index is 1.76. The summed E-state index contributed by atoms with van der Waals surface area (Å²) < 4.78 is 5.29. The Labute approximate surface area is 126 Å². The van der Waals surface area contributed by atoms with Crippen molar-refractivity contribution in [3.05, 3.63) is 12.1 Å². The van der Waals surface area contributed by atoms with Crippen LogP contribution in [0.1, 0.15) is 12.8 Å². The van der Waals surface area contributed by atoms with Gasteiger partial charge in [-0.2, -0.15) is 0 Å². The Morgan fingerprint density at radius 1 is 1.48 bits per heavy atom. The van der Waals surface area contributed by atoms with E-state index in [4.69, 9.17) is 10.5 Å². The topological polar surface area (TPSA) is 97.5 Å². The van der Waals surface area contributed by atoms with Crippen LogP contribution in [0.15, 0.2) is 17.0 Å². The van der Waals surface area contributed by atoms with Gasteiger partial charge in [-0.1, -0.05) is 0 Å². The third-order valence-electron chi connectivity index (χ3n) is 3.34. The van der Waals surface area contributed by atoms with E-state index in [9.17, 15) is 9.59 Å². The van der Waals surface area contributed by atoms with E-state index < -0.39 is 6.09 Å². The minimum atomic E-state index is -0.403. The van der Waals surface area contributed by atoms with Gasteiger partial charge in [0.15, 0.2) is 0 Å². The molecule has 0 unspecified atom stereocenters. The molecular weight excluding hydrogens is 292 g/mol. The minimum Gasteiger partial charge on any atom is -0.444 e. The molecule has 1 saturated heterocycles. The Kier molecular flexibility index (Phi) is 3.98. The number of nitrogens with zero attached hydrogens (tertiary/aromatic N) is 2. The summed E-state index contributed by atoms with van der Waals surface area (Å²) in [5.74, 6) is 1.31. The first kappa shape index (κ1) is 14.2. The van der Waals surface area contributed by atoms with Crippen molar-refractivity contribution >= 4 is 35.4 Å². The van der Waals surface area contributed by atoms with E-state index >= 15 is 0 Å². The first-order valence-electron chi connectivity index (χ1n) is 6.79. The van der Waals surface area contributed by atoms with Gasteiger partial charge in [-0.25, -0.2) is 9.78 Å². The van der Waals surface area contributed by atoms with Crippen LogP contribution in [-0.4, -0.2) is 41.9 Å². The Morgan fingerprint density at radius 2 is 2.33 bits per heavy atom. The van der Waals surface area contributed by atoms with Gasteiger partial charge in [-0.15, -0.1) is 11.8 Å². The number of carbonyl (C=O) groups excluding carboxylic acids is 2. The number of carbonyl (C=O) groups is 2. The zero-order chi connectivity index (χ0) is 14.8. The zero-order valence-electron chi connectivity index (χ0n) is 11.4. The number of aromatic nitrogens is 1. The van der Waals surface area contributed by atoms with Gasteiger partial charge in [0, 0.05) is 0 Å². The molecule has 3 heterocycles. The lowest BCUT2D eigenvalue weighted by Gasteiger charge is -2.18. The second-order valence-electron chi connectivity index (χ2n) is 4.90. The predicted molar refractivity (Wildman–Crippen MR) is 79.5 cm³/mol. The molecule has 0 radical (unpaired) electrons. The summed E-state index contributed by atoms with van der Waals surface area (Å²) in [6.07, 6.45) is 1.01. The molecule has 2 aliphatic heterocycles. The molecule has 0 saturated carbocycles. The molecule has 0 bridgehead atoms. The van der Waals surface area contributed by atoms with Gasteiger partial charge in [0.25, 0.3) is 0 Å².